The van der Waals surface area contributed by atoms with Gasteiger partial charge < -0.3 is 10.6 Å². The van der Waals surface area contributed by atoms with Crippen LogP contribution >= 0.6 is 0 Å². The van der Waals surface area contributed by atoms with Crippen molar-refractivity contribution >= 4 is 17.5 Å². The van der Waals surface area contributed by atoms with E-state index in [9.17, 15) is 9.18 Å². The van der Waals surface area contributed by atoms with E-state index >= 15 is 0 Å². The van der Waals surface area contributed by atoms with E-state index in [0.717, 1.165) is 16.8 Å². The molecule has 0 unspecified atom stereocenters. The number of urea groups is 1. The molecule has 4 rings (SSSR count). The first-order chi connectivity index (χ1) is 13.0. The average molecular weight is 363 g/mol. The number of nitrogens with two attached hydrogens (primary N) is 1. The van der Waals surface area contributed by atoms with Gasteiger partial charge in [-0.3, -0.25) is 10.3 Å². The standard InChI is InChI=1S/C20H18FN5O/c1-12-8-13-10-26(11-14(13)9-23-12)20(27)25-19-17(22)6-7-18(24-19)15-4-2-3-5-16(15)21/h2-9H,10-11,22H2,1H3,(H,24,25,27). The zero-order valence-electron chi connectivity index (χ0n) is 14.7. The number of aromatic nitrogens is 2. The molecule has 0 atom stereocenters. The molecule has 3 heterocycles. The van der Waals surface area contributed by atoms with Gasteiger partial charge in [0, 0.05) is 30.5 Å². The molecule has 0 saturated heterocycles. The van der Waals surface area contributed by atoms with Crippen molar-refractivity contribution in [2.75, 3.05) is 11.1 Å². The van der Waals surface area contributed by atoms with E-state index in [-0.39, 0.29) is 17.7 Å². The molecule has 0 radical (unpaired) electrons. The maximum absolute atomic E-state index is 14.0. The van der Waals surface area contributed by atoms with Gasteiger partial charge in [-0.2, -0.15) is 0 Å². The Morgan fingerprint density at radius 1 is 1.19 bits per heavy atom. The maximum atomic E-state index is 14.0. The Morgan fingerprint density at radius 3 is 2.78 bits per heavy atom. The zero-order valence-corrected chi connectivity index (χ0v) is 14.7. The third-order valence-corrected chi connectivity index (χ3v) is 4.53. The molecule has 7 heteroatoms. The molecule has 6 nitrogen and oxygen atoms in total. The summed E-state index contributed by atoms with van der Waals surface area (Å²) in [5.74, 6) is -0.170. The second kappa shape index (κ2) is 6.68. The van der Waals surface area contributed by atoms with Crippen LogP contribution in [0.5, 0.6) is 0 Å². The van der Waals surface area contributed by atoms with Crippen LogP contribution in [0.3, 0.4) is 0 Å². The number of amides is 2. The summed E-state index contributed by atoms with van der Waals surface area (Å²) in [7, 11) is 0. The van der Waals surface area contributed by atoms with Gasteiger partial charge in [0.2, 0.25) is 0 Å². The lowest BCUT2D eigenvalue weighted by molar-refractivity contribution is 0.212. The molecular formula is C20H18FN5O. The van der Waals surface area contributed by atoms with E-state index in [1.54, 1.807) is 41.4 Å². The van der Waals surface area contributed by atoms with Crippen LogP contribution in [0.25, 0.3) is 11.3 Å². The molecule has 27 heavy (non-hydrogen) atoms. The molecule has 0 saturated carbocycles. The van der Waals surface area contributed by atoms with Crippen molar-refractivity contribution in [3.05, 3.63) is 71.3 Å². The second-order valence-corrected chi connectivity index (χ2v) is 6.49. The first-order valence-electron chi connectivity index (χ1n) is 8.53. The summed E-state index contributed by atoms with van der Waals surface area (Å²) in [6.07, 6.45) is 1.79. The Kier molecular flexibility index (Phi) is 4.19. The molecule has 1 aliphatic rings. The van der Waals surface area contributed by atoms with Crippen LogP contribution in [0, 0.1) is 12.7 Å². The zero-order chi connectivity index (χ0) is 19.0. The molecule has 2 amide bonds. The Bertz CT molecular complexity index is 1040. The third-order valence-electron chi connectivity index (χ3n) is 4.53. The van der Waals surface area contributed by atoms with Gasteiger partial charge >= 0.3 is 6.03 Å². The Morgan fingerprint density at radius 2 is 1.96 bits per heavy atom. The van der Waals surface area contributed by atoms with Gasteiger partial charge in [0.1, 0.15) is 5.82 Å². The van der Waals surface area contributed by atoms with Crippen LogP contribution in [0.4, 0.5) is 20.7 Å². The Balaban J connectivity index is 1.55. The second-order valence-electron chi connectivity index (χ2n) is 6.49. The smallest absolute Gasteiger partial charge is 0.323 e. The fourth-order valence-electron chi connectivity index (χ4n) is 3.11. The van der Waals surface area contributed by atoms with Crippen molar-refractivity contribution in [3.63, 3.8) is 0 Å². The topological polar surface area (TPSA) is 84.1 Å². The highest BCUT2D eigenvalue weighted by molar-refractivity contribution is 5.92. The number of pyridine rings is 2. The fourth-order valence-corrected chi connectivity index (χ4v) is 3.11. The first-order valence-corrected chi connectivity index (χ1v) is 8.53. The minimum absolute atomic E-state index is 0.214. The van der Waals surface area contributed by atoms with E-state index in [4.69, 9.17) is 5.73 Å². The van der Waals surface area contributed by atoms with E-state index in [2.05, 4.69) is 15.3 Å². The summed E-state index contributed by atoms with van der Waals surface area (Å²) in [6, 6.07) is 11.2. The van der Waals surface area contributed by atoms with Gasteiger partial charge in [-0.05, 0) is 48.4 Å². The van der Waals surface area contributed by atoms with Crippen LogP contribution in [0.2, 0.25) is 0 Å². The maximum Gasteiger partial charge on any atom is 0.323 e. The summed E-state index contributed by atoms with van der Waals surface area (Å²) < 4.78 is 14.0. The van der Waals surface area contributed by atoms with E-state index in [1.165, 1.54) is 6.07 Å². The van der Waals surface area contributed by atoms with E-state index in [0.29, 0.717) is 30.0 Å². The van der Waals surface area contributed by atoms with Crippen molar-refractivity contribution in [2.24, 2.45) is 0 Å². The molecule has 136 valence electrons. The SMILES string of the molecule is Cc1cc2c(cn1)CN(C(=O)Nc1nc(-c3ccccc3F)ccc1N)C2. The summed E-state index contributed by atoms with van der Waals surface area (Å²) in [4.78, 5) is 22.9. The number of rotatable bonds is 2. The van der Waals surface area contributed by atoms with Gasteiger partial charge in [0.05, 0.1) is 11.4 Å². The fraction of sp³-hybridized carbons (Fsp3) is 0.150. The van der Waals surface area contributed by atoms with Crippen molar-refractivity contribution in [1.29, 1.82) is 0 Å². The van der Waals surface area contributed by atoms with Crippen LogP contribution in [-0.4, -0.2) is 20.9 Å². The highest BCUT2D eigenvalue weighted by Gasteiger charge is 2.24. The lowest BCUT2D eigenvalue weighted by atomic mass is 10.1. The number of carbonyl (C=O) groups excluding carboxylic acids is 1. The molecule has 3 N–H and O–H groups in total. The van der Waals surface area contributed by atoms with Crippen LogP contribution in [0.1, 0.15) is 16.8 Å². The largest absolute Gasteiger partial charge is 0.396 e. The normalized spacial score (nSPS) is 12.7. The Labute approximate surface area is 155 Å². The first kappa shape index (κ1) is 17.0. The van der Waals surface area contributed by atoms with Crippen molar-refractivity contribution in [2.45, 2.75) is 20.0 Å². The van der Waals surface area contributed by atoms with Crippen LogP contribution in [-0.2, 0) is 13.1 Å². The summed E-state index contributed by atoms with van der Waals surface area (Å²) in [5, 5.41) is 2.74. The van der Waals surface area contributed by atoms with Crippen LogP contribution < -0.4 is 11.1 Å². The number of carbonyl (C=O) groups is 1. The molecule has 3 aromatic rings. The number of nitrogens with zero attached hydrogens (tertiary/aromatic N) is 3. The predicted molar refractivity (Wildman–Crippen MR) is 101 cm³/mol. The lowest BCUT2D eigenvalue weighted by Gasteiger charge is -2.17. The van der Waals surface area contributed by atoms with Crippen molar-refractivity contribution in [3.8, 4) is 11.3 Å². The number of fused-ring (bicyclic) bond motifs is 1. The summed E-state index contributed by atoms with van der Waals surface area (Å²) >= 11 is 0. The predicted octanol–water partition coefficient (Wildman–Crippen LogP) is 3.72. The van der Waals surface area contributed by atoms with E-state index < -0.39 is 0 Å². The number of aryl methyl sites for hydroxylation is 1. The number of nitrogen functional groups attached to an aromatic ring is 1. The number of halogens is 1. The molecule has 2 aromatic heterocycles. The number of benzene rings is 1. The molecule has 1 aromatic carbocycles. The van der Waals surface area contributed by atoms with Gasteiger partial charge in [0.15, 0.2) is 5.82 Å². The minimum Gasteiger partial charge on any atom is -0.396 e. The molecule has 0 fully saturated rings. The third kappa shape index (κ3) is 3.31. The van der Waals surface area contributed by atoms with Gasteiger partial charge in [0.25, 0.3) is 0 Å². The molecule has 0 bridgehead atoms. The number of nitrogens with one attached hydrogen (secondary N) is 1. The van der Waals surface area contributed by atoms with Crippen LogP contribution in [0.15, 0.2) is 48.7 Å². The number of hydrogen-bond donors (Lipinski definition) is 2. The van der Waals surface area contributed by atoms with Crippen molar-refractivity contribution < 1.29 is 9.18 Å². The van der Waals surface area contributed by atoms with Gasteiger partial charge in [-0.25, -0.2) is 14.2 Å². The summed E-state index contributed by atoms with van der Waals surface area (Å²) in [6.45, 7) is 2.89. The van der Waals surface area contributed by atoms with E-state index in [1.807, 2.05) is 13.0 Å². The molecule has 0 spiro atoms. The highest BCUT2D eigenvalue weighted by Crippen LogP contribution is 2.27. The monoisotopic (exact) mass is 363 g/mol. The minimum atomic E-state index is -0.384. The molecule has 1 aliphatic heterocycles. The molecule has 0 aliphatic carbocycles. The number of anilines is 2. The molecular weight excluding hydrogens is 345 g/mol. The summed E-state index contributed by atoms with van der Waals surface area (Å²) in [5.41, 5.74) is 10.1. The highest BCUT2D eigenvalue weighted by atomic mass is 19.1. The Hall–Kier alpha value is -3.48. The van der Waals surface area contributed by atoms with Gasteiger partial charge in [-0.15, -0.1) is 0 Å². The van der Waals surface area contributed by atoms with Gasteiger partial charge in [-0.1, -0.05) is 12.1 Å². The quantitative estimate of drug-likeness (QED) is 0.727. The number of hydrogen-bond acceptors (Lipinski definition) is 4. The van der Waals surface area contributed by atoms with Crippen molar-refractivity contribution in [1.82, 2.24) is 14.9 Å². The average Bonchev–Trinajstić information content (AvgIpc) is 3.07. The lowest BCUT2D eigenvalue weighted by Crippen LogP contribution is -2.30.